The van der Waals surface area contributed by atoms with Crippen LogP contribution < -0.4 is 11.5 Å². The lowest BCUT2D eigenvalue weighted by atomic mass is 10.1. The molecule has 8 heterocycles. The number of aliphatic hydroxyl groups is 1. The maximum Gasteiger partial charge on any atom is 0.335 e. The number of nitrogens with two attached hydrogens (primary N) is 2. The van der Waals surface area contributed by atoms with Crippen LogP contribution >= 0.6 is 0 Å². The Balaban J connectivity index is 0.000000201. The molecular formula is C44H76N10O10Si4. The van der Waals surface area contributed by atoms with Gasteiger partial charge in [0.15, 0.2) is 35.4 Å². The largest absolute Gasteiger partial charge is 0.414 e. The van der Waals surface area contributed by atoms with E-state index in [2.05, 4.69) is 141 Å². The third kappa shape index (κ3) is 8.86. The van der Waals surface area contributed by atoms with Gasteiger partial charge in [0.25, 0.3) is 0 Å². The van der Waals surface area contributed by atoms with Crippen LogP contribution in [-0.4, -0.2) is 128 Å². The molecule has 20 nitrogen and oxygen atoms in total. The van der Waals surface area contributed by atoms with Crippen LogP contribution in [0.15, 0.2) is 25.3 Å². The number of ketones is 1. The molecule has 0 amide bonds. The smallest absolute Gasteiger partial charge is 0.335 e. The summed E-state index contributed by atoms with van der Waals surface area (Å²) >= 11 is 0. The molecule has 4 aliphatic rings. The van der Waals surface area contributed by atoms with Gasteiger partial charge in [0, 0.05) is 0 Å². The number of nitrogen functional groups attached to an aromatic ring is 2. The van der Waals surface area contributed by atoms with Crippen molar-refractivity contribution in [1.29, 1.82) is 0 Å². The van der Waals surface area contributed by atoms with Crippen molar-refractivity contribution < 1.29 is 45.3 Å². The molecule has 0 bridgehead atoms. The zero-order valence-electron chi connectivity index (χ0n) is 42.7. The van der Waals surface area contributed by atoms with Crippen LogP contribution in [0.1, 0.15) is 123 Å². The number of imidazole rings is 2. The predicted molar refractivity (Wildman–Crippen MR) is 266 cm³/mol. The predicted octanol–water partition coefficient (Wildman–Crippen LogP) is 7.45. The Hall–Kier alpha value is -3.12. The first-order valence-corrected chi connectivity index (χ1v) is 32.2. The Morgan fingerprint density at radius 1 is 0.559 bits per heavy atom. The number of ether oxygens (including phenoxy) is 2. The quantitative estimate of drug-likeness (QED) is 0.130. The van der Waals surface area contributed by atoms with Gasteiger partial charge in [0.1, 0.15) is 54.2 Å². The normalized spacial score (nSPS) is 28.1. The Bertz CT molecular complexity index is 2370. The Morgan fingerprint density at radius 2 is 0.971 bits per heavy atom. The molecule has 4 aliphatic heterocycles. The van der Waals surface area contributed by atoms with Crippen molar-refractivity contribution in [1.82, 2.24) is 39.0 Å². The molecule has 4 saturated heterocycles. The molecule has 0 spiro atoms. The van der Waals surface area contributed by atoms with Crippen molar-refractivity contribution in [2.24, 2.45) is 0 Å². The monoisotopic (exact) mass is 1020 g/mol. The van der Waals surface area contributed by atoms with E-state index in [4.69, 9.17) is 46.9 Å². The minimum atomic E-state index is -2.92. The fourth-order valence-electron chi connectivity index (χ4n) is 10.7. The number of hydrogen-bond acceptors (Lipinski definition) is 18. The minimum Gasteiger partial charge on any atom is -0.414 e. The second kappa shape index (κ2) is 19.8. The van der Waals surface area contributed by atoms with Crippen LogP contribution in [0.5, 0.6) is 0 Å². The molecule has 0 radical (unpaired) electrons. The highest BCUT2D eigenvalue weighted by Crippen LogP contribution is 2.50. The van der Waals surface area contributed by atoms with Crippen molar-refractivity contribution >= 4 is 74.0 Å². The van der Waals surface area contributed by atoms with Crippen LogP contribution in [0.25, 0.3) is 22.3 Å². The van der Waals surface area contributed by atoms with Gasteiger partial charge in [-0.25, -0.2) is 29.9 Å². The fourth-order valence-corrected chi connectivity index (χ4v) is 33.1. The van der Waals surface area contributed by atoms with Crippen molar-refractivity contribution in [3.8, 4) is 0 Å². The van der Waals surface area contributed by atoms with E-state index in [1.54, 1.807) is 15.5 Å². The number of anilines is 2. The average molecular weight is 1020 g/mol. The van der Waals surface area contributed by atoms with Gasteiger partial charge in [-0.2, -0.15) is 0 Å². The van der Waals surface area contributed by atoms with Crippen LogP contribution in [0, 0.1) is 0 Å². The summed E-state index contributed by atoms with van der Waals surface area (Å²) in [7, 11) is -11.2. The third-order valence-electron chi connectivity index (χ3n) is 14.4. The number of carbonyl (C=O) groups excluding carboxylic acids is 1. The molecule has 0 unspecified atom stereocenters. The number of carbonyl (C=O) groups is 1. The SMILES string of the molecule is CC(C)[Si]1(C(C)C)OC[C@H]2O[C@@H](n3cnc4c(N)ncnc43)C(=O)[C@@H]2O[Si](C(C)C)(C(C)C)O1.CC(C)[Si]1(C(C)C)OC[C@H]2O[C@@H](n3cnc4c(N)ncnc43)[C@H](O)[C@@H]2O[Si](C(C)C)(C(C)C)O1. The maximum atomic E-state index is 13.7. The summed E-state index contributed by atoms with van der Waals surface area (Å²) in [5, 5.41) is 11.5. The molecule has 7 atom stereocenters. The second-order valence-electron chi connectivity index (χ2n) is 21.2. The molecule has 8 rings (SSSR count). The second-order valence-corrected chi connectivity index (χ2v) is 38.9. The molecule has 0 aliphatic carbocycles. The number of fused-ring (bicyclic) bond motifs is 4. The first-order valence-electron chi connectivity index (χ1n) is 24.3. The molecule has 378 valence electrons. The lowest BCUT2D eigenvalue weighted by Crippen LogP contribution is -2.65. The van der Waals surface area contributed by atoms with E-state index in [0.29, 0.717) is 28.9 Å². The molecule has 0 aromatic carbocycles. The minimum absolute atomic E-state index is 0.118. The lowest BCUT2D eigenvalue weighted by molar-refractivity contribution is -0.130. The van der Waals surface area contributed by atoms with Gasteiger partial charge in [-0.15, -0.1) is 0 Å². The summed E-state index contributed by atoms with van der Waals surface area (Å²) < 4.78 is 57.7. The van der Waals surface area contributed by atoms with Gasteiger partial charge >= 0.3 is 34.2 Å². The number of nitrogens with zero attached hydrogens (tertiary/aromatic N) is 8. The van der Waals surface area contributed by atoms with E-state index in [9.17, 15) is 9.90 Å². The van der Waals surface area contributed by atoms with Crippen LogP contribution in [0.2, 0.25) is 44.3 Å². The molecule has 0 saturated carbocycles. The summed E-state index contributed by atoms with van der Waals surface area (Å²) in [6.07, 6.45) is 0.827. The Kier molecular flexibility index (Phi) is 15.4. The standard InChI is InChI=1S/C22H39N5O5Si2.C22H37N5O5Si2/c2*1-12(2)33(13(3)4)29-9-16-19(31-34(32-33,14(5)6)15(7)8)18(28)22(30-16)27-11-26-17-20(23)24-10-25-21(17)27/h10-16,18-19,22,28H,9H2,1-8H3,(H2,23,24,25);10-16,19,22H,9H2,1-8H3,(H2,23,24,25)/t16-,18-,19-,22-;16-,19-,22-/m11/s1. The van der Waals surface area contributed by atoms with Crippen molar-refractivity contribution in [2.75, 3.05) is 24.7 Å². The highest BCUT2D eigenvalue weighted by atomic mass is 28.5. The fraction of sp³-hybridized carbons (Fsp3) is 0.750. The van der Waals surface area contributed by atoms with Gasteiger partial charge in [-0.05, 0) is 44.3 Å². The van der Waals surface area contributed by atoms with Gasteiger partial charge < -0.3 is 52.0 Å². The number of hydrogen-bond donors (Lipinski definition) is 3. The van der Waals surface area contributed by atoms with Crippen LogP contribution in [0.3, 0.4) is 0 Å². The molecule has 4 aromatic rings. The molecule has 68 heavy (non-hydrogen) atoms. The summed E-state index contributed by atoms with van der Waals surface area (Å²) in [6.45, 7) is 35.1. The summed E-state index contributed by atoms with van der Waals surface area (Å²) in [5.74, 6) is 0.352. The topological polar surface area (TPSA) is 250 Å². The van der Waals surface area contributed by atoms with Gasteiger partial charge in [-0.1, -0.05) is 111 Å². The molecule has 4 aromatic heterocycles. The van der Waals surface area contributed by atoms with Gasteiger partial charge in [0.2, 0.25) is 5.78 Å². The third-order valence-corrected chi connectivity index (χ3v) is 34.9. The molecular weight excluding hydrogens is 941 g/mol. The molecule has 5 N–H and O–H groups in total. The summed E-state index contributed by atoms with van der Waals surface area (Å²) in [5.41, 5.74) is 15.2. The lowest BCUT2D eigenvalue weighted by Gasteiger charge is -2.51. The highest BCUT2D eigenvalue weighted by molar-refractivity contribution is 6.84. The van der Waals surface area contributed by atoms with Gasteiger partial charge in [0.05, 0.1) is 25.9 Å². The van der Waals surface area contributed by atoms with Gasteiger partial charge in [-0.3, -0.25) is 13.9 Å². The maximum absolute atomic E-state index is 13.7. The number of Topliss-reactive ketones (excluding diaryl/α,β-unsaturated/α-hetero) is 1. The number of aromatic nitrogens is 8. The average Bonchev–Trinajstić information content (AvgIpc) is 4.02. The van der Waals surface area contributed by atoms with E-state index in [1.165, 1.54) is 19.0 Å². The van der Waals surface area contributed by atoms with E-state index in [1.807, 2.05) is 0 Å². The number of rotatable bonds is 10. The molecule has 4 fully saturated rings. The zero-order valence-corrected chi connectivity index (χ0v) is 46.7. The van der Waals surface area contributed by atoms with E-state index in [-0.39, 0.29) is 68.4 Å². The summed E-state index contributed by atoms with van der Waals surface area (Å²) in [6, 6.07) is 0. The van der Waals surface area contributed by atoms with Crippen LogP contribution in [0.4, 0.5) is 11.6 Å². The Morgan fingerprint density at radius 3 is 1.43 bits per heavy atom. The molecule has 24 heteroatoms. The zero-order chi connectivity index (χ0) is 50.0. The first kappa shape index (κ1) is 52.7. The highest BCUT2D eigenvalue weighted by Gasteiger charge is 2.64. The van der Waals surface area contributed by atoms with Crippen molar-refractivity contribution in [3.05, 3.63) is 25.3 Å². The van der Waals surface area contributed by atoms with E-state index in [0.717, 1.165) is 0 Å². The number of aliphatic hydroxyl groups excluding tert-OH is 1. The summed E-state index contributed by atoms with van der Waals surface area (Å²) in [4.78, 5) is 39.0. The van der Waals surface area contributed by atoms with Crippen LogP contribution in [-0.2, 0) is 40.2 Å². The van der Waals surface area contributed by atoms with Crippen molar-refractivity contribution in [3.63, 3.8) is 0 Å². The van der Waals surface area contributed by atoms with E-state index >= 15 is 0 Å². The first-order chi connectivity index (χ1) is 31.9. The van der Waals surface area contributed by atoms with E-state index < -0.39 is 77.2 Å². The Labute approximate surface area is 404 Å². The van der Waals surface area contributed by atoms with Crippen molar-refractivity contribution in [2.45, 2.75) is 198 Å².